The number of aliphatic carboxylic acids is 1. The lowest BCUT2D eigenvalue weighted by molar-refractivity contribution is -0.145. The summed E-state index contributed by atoms with van der Waals surface area (Å²) in [6, 6.07) is -0.414. The van der Waals surface area contributed by atoms with Crippen molar-refractivity contribution < 1.29 is 15.0 Å². The molecule has 0 spiro atoms. The number of piperidine rings is 2. The predicted molar refractivity (Wildman–Crippen MR) is 41.7 cm³/mol. The zero-order chi connectivity index (χ0) is 8.72. The molecule has 4 nitrogen and oxygen atoms in total. The number of carboxylic acid groups (broad SMARTS) is 1. The van der Waals surface area contributed by atoms with E-state index in [0.717, 1.165) is 12.8 Å². The van der Waals surface area contributed by atoms with Crippen LogP contribution in [0.4, 0.5) is 0 Å². The first kappa shape index (κ1) is 8.01. The summed E-state index contributed by atoms with van der Waals surface area (Å²) < 4.78 is 0. The van der Waals surface area contributed by atoms with E-state index in [1.165, 1.54) is 0 Å². The Hall–Kier alpha value is -0.610. The Balaban J connectivity index is 2.10. The lowest BCUT2D eigenvalue weighted by Crippen LogP contribution is -2.61. The van der Waals surface area contributed by atoms with Gasteiger partial charge in [-0.3, -0.25) is 10.1 Å². The smallest absolute Gasteiger partial charge is 0.320 e. The number of carbonyl (C=O) groups is 1. The summed E-state index contributed by atoms with van der Waals surface area (Å²) >= 11 is 0. The molecule has 2 heterocycles. The number of carboxylic acids is 1. The van der Waals surface area contributed by atoms with E-state index in [2.05, 4.69) is 5.32 Å². The van der Waals surface area contributed by atoms with Gasteiger partial charge in [0.15, 0.2) is 0 Å². The van der Waals surface area contributed by atoms with Crippen molar-refractivity contribution in [1.82, 2.24) is 5.32 Å². The fourth-order valence-electron chi connectivity index (χ4n) is 2.32. The van der Waals surface area contributed by atoms with Crippen LogP contribution in [0.5, 0.6) is 0 Å². The maximum absolute atomic E-state index is 10.7. The van der Waals surface area contributed by atoms with Crippen LogP contribution in [0, 0.1) is 5.92 Å². The molecule has 2 saturated heterocycles. The van der Waals surface area contributed by atoms with Crippen molar-refractivity contribution in [1.29, 1.82) is 0 Å². The van der Waals surface area contributed by atoms with Gasteiger partial charge in [0.2, 0.25) is 0 Å². The van der Waals surface area contributed by atoms with Gasteiger partial charge in [-0.2, -0.15) is 0 Å². The summed E-state index contributed by atoms with van der Waals surface area (Å²) in [6.07, 6.45) is 2.16. The van der Waals surface area contributed by atoms with E-state index < -0.39 is 12.0 Å². The number of nitrogens with one attached hydrogen (secondary N) is 1. The highest BCUT2D eigenvalue weighted by atomic mass is 16.4. The molecule has 3 unspecified atom stereocenters. The normalized spacial score (nSPS) is 46.1. The van der Waals surface area contributed by atoms with Gasteiger partial charge < -0.3 is 10.2 Å². The molecule has 3 aliphatic rings. The first-order valence-electron chi connectivity index (χ1n) is 4.35. The summed E-state index contributed by atoms with van der Waals surface area (Å²) in [5.41, 5.74) is 0. The standard InChI is InChI=1S/C8H13NO3/c10-6-3-4-1-2-5(6)9-7(4)8(11)12/h4-7,9-10H,1-3H2,(H,11,12)/t4?,5?,6?,7-/m0/s1. The molecular weight excluding hydrogens is 158 g/mol. The molecule has 3 rings (SSSR count). The van der Waals surface area contributed by atoms with E-state index in [4.69, 9.17) is 5.11 Å². The molecule has 2 aliphatic heterocycles. The van der Waals surface area contributed by atoms with Crippen LogP contribution >= 0.6 is 0 Å². The third-order valence-electron chi connectivity index (χ3n) is 2.99. The van der Waals surface area contributed by atoms with Gasteiger partial charge >= 0.3 is 5.97 Å². The van der Waals surface area contributed by atoms with Crippen LogP contribution in [0.15, 0.2) is 0 Å². The molecule has 4 heteroatoms. The van der Waals surface area contributed by atoms with Crippen LogP contribution in [-0.4, -0.2) is 34.4 Å². The highest BCUT2D eigenvalue weighted by Crippen LogP contribution is 2.33. The molecule has 12 heavy (non-hydrogen) atoms. The Morgan fingerprint density at radius 3 is 2.58 bits per heavy atom. The van der Waals surface area contributed by atoms with E-state index in [9.17, 15) is 9.90 Å². The molecule has 3 fully saturated rings. The number of aliphatic hydroxyl groups excluding tert-OH is 1. The Morgan fingerprint density at radius 1 is 1.42 bits per heavy atom. The summed E-state index contributed by atoms with van der Waals surface area (Å²) in [5.74, 6) is -0.654. The average molecular weight is 171 g/mol. The molecule has 68 valence electrons. The lowest BCUT2D eigenvalue weighted by atomic mass is 9.75. The first-order valence-corrected chi connectivity index (χ1v) is 4.35. The molecule has 0 aromatic rings. The number of fused-ring (bicyclic) bond motifs is 3. The topological polar surface area (TPSA) is 69.6 Å². The van der Waals surface area contributed by atoms with E-state index in [-0.39, 0.29) is 18.1 Å². The maximum atomic E-state index is 10.7. The Kier molecular flexibility index (Phi) is 1.81. The van der Waals surface area contributed by atoms with Crippen molar-refractivity contribution in [2.75, 3.05) is 0 Å². The minimum Gasteiger partial charge on any atom is -0.480 e. The third-order valence-corrected chi connectivity index (χ3v) is 2.99. The van der Waals surface area contributed by atoms with Gasteiger partial charge in [-0.05, 0) is 25.2 Å². The van der Waals surface area contributed by atoms with E-state index in [1.54, 1.807) is 0 Å². The first-order chi connectivity index (χ1) is 5.68. The predicted octanol–water partition coefficient (Wildman–Crippen LogP) is -0.428. The Bertz CT molecular complexity index is 206. The van der Waals surface area contributed by atoms with Crippen molar-refractivity contribution in [3.63, 3.8) is 0 Å². The monoisotopic (exact) mass is 171 g/mol. The van der Waals surface area contributed by atoms with Crippen molar-refractivity contribution in [3.05, 3.63) is 0 Å². The van der Waals surface area contributed by atoms with Gasteiger partial charge in [0.25, 0.3) is 0 Å². The van der Waals surface area contributed by atoms with E-state index in [0.29, 0.717) is 6.42 Å². The van der Waals surface area contributed by atoms with Crippen molar-refractivity contribution >= 4 is 5.97 Å². The van der Waals surface area contributed by atoms with Gasteiger partial charge in [0.1, 0.15) is 6.04 Å². The molecule has 3 N–H and O–H groups in total. The Morgan fingerprint density at radius 2 is 2.17 bits per heavy atom. The number of hydrogen-bond donors (Lipinski definition) is 3. The SMILES string of the molecule is O=C(O)[C@H]1NC2CCC1CC2O. The van der Waals surface area contributed by atoms with Crippen molar-refractivity contribution in [2.24, 2.45) is 5.92 Å². The molecule has 1 saturated carbocycles. The van der Waals surface area contributed by atoms with E-state index in [1.807, 2.05) is 0 Å². The second-order valence-electron chi connectivity index (χ2n) is 3.73. The minimum atomic E-state index is -0.781. The molecule has 0 amide bonds. The maximum Gasteiger partial charge on any atom is 0.320 e. The van der Waals surface area contributed by atoms with E-state index >= 15 is 0 Å². The number of aliphatic hydroxyl groups is 1. The molecule has 0 aromatic heterocycles. The highest BCUT2D eigenvalue weighted by molar-refractivity contribution is 5.74. The van der Waals surface area contributed by atoms with Crippen LogP contribution < -0.4 is 5.32 Å². The molecular formula is C8H13NO3. The molecule has 2 bridgehead atoms. The number of rotatable bonds is 1. The largest absolute Gasteiger partial charge is 0.480 e. The highest BCUT2D eigenvalue weighted by Gasteiger charge is 2.43. The number of hydrogen-bond acceptors (Lipinski definition) is 3. The summed E-state index contributed by atoms with van der Waals surface area (Å²) in [5, 5.41) is 21.2. The summed E-state index contributed by atoms with van der Waals surface area (Å²) in [7, 11) is 0. The second kappa shape index (κ2) is 2.71. The van der Waals surface area contributed by atoms with Crippen LogP contribution in [0.2, 0.25) is 0 Å². The fourth-order valence-corrected chi connectivity index (χ4v) is 2.32. The van der Waals surface area contributed by atoms with Gasteiger partial charge in [0.05, 0.1) is 6.10 Å². The summed E-state index contributed by atoms with van der Waals surface area (Å²) in [6.45, 7) is 0. The van der Waals surface area contributed by atoms with Crippen molar-refractivity contribution in [3.8, 4) is 0 Å². The second-order valence-corrected chi connectivity index (χ2v) is 3.73. The molecule has 0 aromatic carbocycles. The lowest BCUT2D eigenvalue weighted by Gasteiger charge is -2.44. The molecule has 0 radical (unpaired) electrons. The quantitative estimate of drug-likeness (QED) is 0.501. The van der Waals surface area contributed by atoms with Gasteiger partial charge in [-0.1, -0.05) is 0 Å². The van der Waals surface area contributed by atoms with Crippen LogP contribution in [0.25, 0.3) is 0 Å². The zero-order valence-corrected chi connectivity index (χ0v) is 6.73. The third kappa shape index (κ3) is 1.11. The van der Waals surface area contributed by atoms with Crippen molar-refractivity contribution in [2.45, 2.75) is 37.5 Å². The molecule has 1 aliphatic carbocycles. The van der Waals surface area contributed by atoms with Gasteiger partial charge in [0, 0.05) is 6.04 Å². The zero-order valence-electron chi connectivity index (χ0n) is 6.73. The van der Waals surface area contributed by atoms with Crippen LogP contribution in [0.1, 0.15) is 19.3 Å². The van der Waals surface area contributed by atoms with Gasteiger partial charge in [-0.25, -0.2) is 0 Å². The van der Waals surface area contributed by atoms with Crippen LogP contribution in [-0.2, 0) is 4.79 Å². The minimum absolute atomic E-state index is 0.0103. The summed E-state index contributed by atoms with van der Waals surface area (Å²) in [4.78, 5) is 10.7. The Labute approximate surface area is 70.6 Å². The van der Waals surface area contributed by atoms with Gasteiger partial charge in [-0.15, -0.1) is 0 Å². The fraction of sp³-hybridized carbons (Fsp3) is 0.875. The van der Waals surface area contributed by atoms with Crippen LogP contribution in [0.3, 0.4) is 0 Å². The average Bonchev–Trinajstić information content (AvgIpc) is 2.04. The molecule has 4 atom stereocenters.